The molecule has 0 aliphatic heterocycles. The van der Waals surface area contributed by atoms with Crippen molar-refractivity contribution in [3.63, 3.8) is 0 Å². The number of hydrogen-bond donors (Lipinski definition) is 0. The lowest BCUT2D eigenvalue weighted by atomic mass is 10.0. The third-order valence-corrected chi connectivity index (χ3v) is 5.01. The van der Waals surface area contributed by atoms with E-state index in [9.17, 15) is 4.79 Å². The van der Waals surface area contributed by atoms with Gasteiger partial charge in [-0.25, -0.2) is 0 Å². The fraction of sp³-hybridized carbons (Fsp3) is 0.273. The van der Waals surface area contributed by atoms with Crippen molar-refractivity contribution < 1.29 is 4.79 Å². The lowest BCUT2D eigenvalue weighted by Gasteiger charge is -2.30. The maximum Gasteiger partial charge on any atom is 0.254 e. The van der Waals surface area contributed by atoms with E-state index < -0.39 is 0 Å². The number of benzene rings is 2. The summed E-state index contributed by atoms with van der Waals surface area (Å²) in [7, 11) is 0. The molecule has 3 nitrogen and oxygen atoms in total. The molecule has 3 heteroatoms. The van der Waals surface area contributed by atoms with E-state index in [2.05, 4.69) is 24.0 Å². The number of carbonyl (C=O) groups excluding carboxylic acids is 1. The highest BCUT2D eigenvalue weighted by molar-refractivity contribution is 5.98. The highest BCUT2D eigenvalue weighted by atomic mass is 16.2. The lowest BCUT2D eigenvalue weighted by molar-refractivity contribution is 0.0680. The van der Waals surface area contributed by atoms with Crippen molar-refractivity contribution in [3.8, 4) is 0 Å². The Morgan fingerprint density at radius 2 is 1.92 bits per heavy atom. The SMILES string of the molecule is CC(c1ccccc1)N(CC1CC1)C(=O)c1ccc2ncccc2c1. The minimum atomic E-state index is 0.0684. The normalized spacial score (nSPS) is 15.1. The summed E-state index contributed by atoms with van der Waals surface area (Å²) in [4.78, 5) is 19.6. The molecule has 1 aliphatic rings. The molecule has 1 saturated carbocycles. The van der Waals surface area contributed by atoms with Gasteiger partial charge in [0, 0.05) is 23.7 Å². The van der Waals surface area contributed by atoms with Crippen molar-refractivity contribution in [2.75, 3.05) is 6.54 Å². The van der Waals surface area contributed by atoms with Gasteiger partial charge in [-0.1, -0.05) is 36.4 Å². The first-order chi connectivity index (χ1) is 12.2. The average molecular weight is 330 g/mol. The number of hydrogen-bond acceptors (Lipinski definition) is 2. The highest BCUT2D eigenvalue weighted by Gasteiger charge is 2.30. The van der Waals surface area contributed by atoms with Crippen LogP contribution >= 0.6 is 0 Å². The molecule has 1 fully saturated rings. The molecule has 1 atom stereocenters. The van der Waals surface area contributed by atoms with Crippen LogP contribution in [0.2, 0.25) is 0 Å². The van der Waals surface area contributed by atoms with Gasteiger partial charge in [0.2, 0.25) is 0 Å². The van der Waals surface area contributed by atoms with Crippen LogP contribution in [0.15, 0.2) is 66.9 Å². The van der Waals surface area contributed by atoms with Gasteiger partial charge in [0.15, 0.2) is 0 Å². The molecule has 25 heavy (non-hydrogen) atoms. The second-order valence-electron chi connectivity index (χ2n) is 6.90. The Balaban J connectivity index is 1.66. The van der Waals surface area contributed by atoms with Crippen LogP contribution < -0.4 is 0 Å². The summed E-state index contributed by atoms with van der Waals surface area (Å²) in [5.74, 6) is 0.756. The monoisotopic (exact) mass is 330 g/mol. The number of rotatable bonds is 5. The third-order valence-electron chi connectivity index (χ3n) is 5.01. The number of nitrogens with zero attached hydrogens (tertiary/aromatic N) is 2. The second-order valence-corrected chi connectivity index (χ2v) is 6.90. The summed E-state index contributed by atoms with van der Waals surface area (Å²) in [5.41, 5.74) is 2.84. The Bertz CT molecular complexity index is 887. The zero-order valence-corrected chi connectivity index (χ0v) is 14.4. The summed E-state index contributed by atoms with van der Waals surface area (Å²) in [5, 5.41) is 1.01. The molecule has 1 aromatic heterocycles. The smallest absolute Gasteiger partial charge is 0.254 e. The predicted octanol–water partition coefficient (Wildman–Crippen LogP) is 4.85. The molecule has 126 valence electrons. The Labute approximate surface area is 148 Å². The van der Waals surface area contributed by atoms with Crippen LogP contribution in [0.25, 0.3) is 10.9 Å². The van der Waals surface area contributed by atoms with Gasteiger partial charge in [-0.05, 0) is 55.5 Å². The largest absolute Gasteiger partial charge is 0.332 e. The summed E-state index contributed by atoms with van der Waals surface area (Å²) in [6, 6.07) is 20.1. The van der Waals surface area contributed by atoms with E-state index in [1.165, 1.54) is 18.4 Å². The van der Waals surface area contributed by atoms with E-state index in [-0.39, 0.29) is 11.9 Å². The molecule has 1 amide bonds. The van der Waals surface area contributed by atoms with E-state index >= 15 is 0 Å². The van der Waals surface area contributed by atoms with Crippen LogP contribution in [-0.4, -0.2) is 22.3 Å². The molecular weight excluding hydrogens is 308 g/mol. The lowest BCUT2D eigenvalue weighted by Crippen LogP contribution is -2.35. The standard InChI is InChI=1S/C22H22N2O/c1-16(18-6-3-2-4-7-18)24(15-17-9-10-17)22(25)20-11-12-21-19(14-20)8-5-13-23-21/h2-8,11-14,16-17H,9-10,15H2,1H3. The van der Waals surface area contributed by atoms with Gasteiger partial charge in [-0.15, -0.1) is 0 Å². The highest BCUT2D eigenvalue weighted by Crippen LogP contribution is 2.33. The van der Waals surface area contributed by atoms with Gasteiger partial charge in [-0.2, -0.15) is 0 Å². The van der Waals surface area contributed by atoms with Gasteiger partial charge in [0.25, 0.3) is 5.91 Å². The van der Waals surface area contributed by atoms with E-state index in [0.29, 0.717) is 5.92 Å². The van der Waals surface area contributed by atoms with Gasteiger partial charge < -0.3 is 4.90 Å². The third kappa shape index (κ3) is 3.41. The van der Waals surface area contributed by atoms with Crippen molar-refractivity contribution >= 4 is 16.8 Å². The van der Waals surface area contributed by atoms with Crippen LogP contribution in [-0.2, 0) is 0 Å². The van der Waals surface area contributed by atoms with Crippen molar-refractivity contribution in [3.05, 3.63) is 78.0 Å². The Morgan fingerprint density at radius 1 is 1.12 bits per heavy atom. The number of aromatic nitrogens is 1. The van der Waals surface area contributed by atoms with E-state index in [1.807, 2.05) is 53.4 Å². The van der Waals surface area contributed by atoms with E-state index in [0.717, 1.165) is 23.0 Å². The number of pyridine rings is 1. The van der Waals surface area contributed by atoms with E-state index in [1.54, 1.807) is 6.20 Å². The summed E-state index contributed by atoms with van der Waals surface area (Å²) < 4.78 is 0. The summed E-state index contributed by atoms with van der Waals surface area (Å²) >= 11 is 0. The maximum absolute atomic E-state index is 13.3. The Hall–Kier alpha value is -2.68. The first-order valence-electron chi connectivity index (χ1n) is 8.93. The molecule has 1 aliphatic carbocycles. The molecule has 4 rings (SSSR count). The molecule has 1 unspecified atom stereocenters. The van der Waals surface area contributed by atoms with Crippen LogP contribution in [0, 0.1) is 5.92 Å². The molecule has 0 bridgehead atoms. The quantitative estimate of drug-likeness (QED) is 0.670. The minimum absolute atomic E-state index is 0.0684. The van der Waals surface area contributed by atoms with E-state index in [4.69, 9.17) is 0 Å². The molecule has 0 radical (unpaired) electrons. The first kappa shape index (κ1) is 15.8. The number of amides is 1. The van der Waals surface area contributed by atoms with Crippen LogP contribution in [0.1, 0.15) is 41.7 Å². The fourth-order valence-corrected chi connectivity index (χ4v) is 3.28. The molecule has 0 saturated heterocycles. The molecule has 3 aromatic rings. The maximum atomic E-state index is 13.3. The van der Waals surface area contributed by atoms with Crippen molar-refractivity contribution in [2.45, 2.75) is 25.8 Å². The number of carbonyl (C=O) groups is 1. The predicted molar refractivity (Wildman–Crippen MR) is 100 cm³/mol. The van der Waals surface area contributed by atoms with Gasteiger partial charge in [-0.3, -0.25) is 9.78 Å². The molecular formula is C22H22N2O. The van der Waals surface area contributed by atoms with Gasteiger partial charge >= 0.3 is 0 Å². The zero-order valence-electron chi connectivity index (χ0n) is 14.4. The average Bonchev–Trinajstić information content (AvgIpc) is 3.49. The summed E-state index contributed by atoms with van der Waals surface area (Å²) in [6.07, 6.45) is 4.24. The zero-order chi connectivity index (χ0) is 17.2. The Kier molecular flexibility index (Phi) is 4.22. The summed E-state index contributed by atoms with van der Waals surface area (Å²) in [6.45, 7) is 2.96. The number of fused-ring (bicyclic) bond motifs is 1. The molecule has 1 heterocycles. The van der Waals surface area contributed by atoms with Gasteiger partial charge in [0.05, 0.1) is 11.6 Å². The minimum Gasteiger partial charge on any atom is -0.332 e. The topological polar surface area (TPSA) is 33.2 Å². The molecule has 2 aromatic carbocycles. The second kappa shape index (κ2) is 6.67. The first-order valence-corrected chi connectivity index (χ1v) is 8.93. The van der Waals surface area contributed by atoms with Gasteiger partial charge in [0.1, 0.15) is 0 Å². The Morgan fingerprint density at radius 3 is 2.68 bits per heavy atom. The van der Waals surface area contributed by atoms with Crippen molar-refractivity contribution in [2.24, 2.45) is 5.92 Å². The fourth-order valence-electron chi connectivity index (χ4n) is 3.28. The van der Waals surface area contributed by atoms with Crippen LogP contribution in [0.5, 0.6) is 0 Å². The van der Waals surface area contributed by atoms with Crippen molar-refractivity contribution in [1.29, 1.82) is 0 Å². The van der Waals surface area contributed by atoms with Crippen molar-refractivity contribution in [1.82, 2.24) is 9.88 Å². The van der Waals surface area contributed by atoms with Crippen LogP contribution in [0.4, 0.5) is 0 Å². The molecule has 0 N–H and O–H groups in total. The van der Waals surface area contributed by atoms with Crippen LogP contribution in [0.3, 0.4) is 0 Å². The molecule has 0 spiro atoms.